The Morgan fingerprint density at radius 2 is 2.00 bits per heavy atom. The number of hydrogen-bond donors (Lipinski definition) is 1. The monoisotopic (exact) mass is 398 g/mol. The van der Waals surface area contributed by atoms with Gasteiger partial charge in [0.2, 0.25) is 5.89 Å². The lowest BCUT2D eigenvalue weighted by molar-refractivity contribution is 0.0904. The number of oxazole rings is 1. The molecule has 7 nitrogen and oxygen atoms in total. The molecule has 0 saturated heterocycles. The minimum Gasteiger partial charge on any atom is -0.454 e. The summed E-state index contributed by atoms with van der Waals surface area (Å²) in [6.45, 7) is 5.94. The molecule has 3 aromatic heterocycles. The van der Waals surface area contributed by atoms with Crippen molar-refractivity contribution in [2.24, 2.45) is 0 Å². The molecule has 0 aliphatic carbocycles. The number of aromatic nitrogens is 3. The van der Waals surface area contributed by atoms with Crippen molar-refractivity contribution in [3.63, 3.8) is 0 Å². The standard InChI is InChI=1S/C20H19ClN4O3/c1-11-18(21)13(3)25(24-11)10-14-8-9-17(27-14)19(26)22-12(2)20-23-15-6-4-5-7-16(15)28-20/h4-9,12H,10H2,1-3H3,(H,22,26). The molecule has 1 amide bonds. The number of nitrogens with one attached hydrogen (secondary N) is 1. The first-order chi connectivity index (χ1) is 13.4. The summed E-state index contributed by atoms with van der Waals surface area (Å²) in [5.41, 5.74) is 3.05. The van der Waals surface area contributed by atoms with Crippen LogP contribution in [-0.2, 0) is 6.54 Å². The number of amides is 1. The van der Waals surface area contributed by atoms with Gasteiger partial charge in [0, 0.05) is 0 Å². The fraction of sp³-hybridized carbons (Fsp3) is 0.250. The molecule has 1 N–H and O–H groups in total. The maximum atomic E-state index is 12.5. The van der Waals surface area contributed by atoms with Gasteiger partial charge in [0.05, 0.1) is 23.0 Å². The van der Waals surface area contributed by atoms with Crippen LogP contribution in [0.5, 0.6) is 0 Å². The third-order valence-corrected chi connectivity index (χ3v) is 5.06. The maximum absolute atomic E-state index is 12.5. The van der Waals surface area contributed by atoms with Crippen LogP contribution in [0.2, 0.25) is 5.02 Å². The lowest BCUT2D eigenvalue weighted by Gasteiger charge is -2.08. The zero-order valence-electron chi connectivity index (χ0n) is 15.7. The Morgan fingerprint density at radius 1 is 1.21 bits per heavy atom. The lowest BCUT2D eigenvalue weighted by atomic mass is 10.3. The average molecular weight is 399 g/mol. The van der Waals surface area contributed by atoms with E-state index >= 15 is 0 Å². The van der Waals surface area contributed by atoms with E-state index in [1.54, 1.807) is 16.8 Å². The van der Waals surface area contributed by atoms with Crippen LogP contribution in [0.4, 0.5) is 0 Å². The first kappa shape index (κ1) is 18.3. The van der Waals surface area contributed by atoms with Crippen molar-refractivity contribution in [2.75, 3.05) is 0 Å². The Kier molecular flexibility index (Phi) is 4.68. The Hall–Kier alpha value is -3.06. The van der Waals surface area contributed by atoms with Crippen molar-refractivity contribution >= 4 is 28.6 Å². The smallest absolute Gasteiger partial charge is 0.287 e. The molecule has 0 aliphatic rings. The highest BCUT2D eigenvalue weighted by Gasteiger charge is 2.19. The van der Waals surface area contributed by atoms with Gasteiger partial charge in [0.15, 0.2) is 11.3 Å². The molecule has 4 aromatic rings. The summed E-state index contributed by atoms with van der Waals surface area (Å²) in [6, 6.07) is 10.5. The molecule has 4 rings (SSSR count). The van der Waals surface area contributed by atoms with E-state index < -0.39 is 6.04 Å². The number of carbonyl (C=O) groups is 1. The lowest BCUT2D eigenvalue weighted by Crippen LogP contribution is -2.26. The van der Waals surface area contributed by atoms with E-state index in [-0.39, 0.29) is 11.7 Å². The molecule has 0 bridgehead atoms. The first-order valence-electron chi connectivity index (χ1n) is 8.87. The van der Waals surface area contributed by atoms with Crippen LogP contribution >= 0.6 is 11.6 Å². The van der Waals surface area contributed by atoms with Gasteiger partial charge in [0.1, 0.15) is 17.3 Å². The molecule has 0 spiro atoms. The van der Waals surface area contributed by atoms with Crippen LogP contribution < -0.4 is 5.32 Å². The van der Waals surface area contributed by atoms with E-state index in [1.165, 1.54) is 0 Å². The topological polar surface area (TPSA) is 86.1 Å². The number of furan rings is 1. The van der Waals surface area contributed by atoms with Gasteiger partial charge in [-0.2, -0.15) is 5.10 Å². The van der Waals surface area contributed by atoms with Crippen LogP contribution in [-0.4, -0.2) is 20.7 Å². The quantitative estimate of drug-likeness (QED) is 0.537. The van der Waals surface area contributed by atoms with Crippen molar-refractivity contribution < 1.29 is 13.6 Å². The molecule has 0 aliphatic heterocycles. The van der Waals surface area contributed by atoms with Gasteiger partial charge in [0.25, 0.3) is 5.91 Å². The minimum atomic E-state index is -0.400. The molecule has 8 heteroatoms. The maximum Gasteiger partial charge on any atom is 0.287 e. The van der Waals surface area contributed by atoms with E-state index in [9.17, 15) is 4.79 Å². The molecule has 28 heavy (non-hydrogen) atoms. The predicted octanol–water partition coefficient (Wildman–Crippen LogP) is 4.43. The number of nitrogens with zero attached hydrogens (tertiary/aromatic N) is 3. The summed E-state index contributed by atoms with van der Waals surface area (Å²) in [6.07, 6.45) is 0. The molecule has 0 radical (unpaired) electrons. The van der Waals surface area contributed by atoms with Crippen molar-refractivity contribution in [3.05, 3.63) is 70.2 Å². The van der Waals surface area contributed by atoms with Crippen LogP contribution in [0.3, 0.4) is 0 Å². The van der Waals surface area contributed by atoms with Gasteiger partial charge in [-0.1, -0.05) is 23.7 Å². The molecule has 1 aromatic carbocycles. The molecular weight excluding hydrogens is 380 g/mol. The second-order valence-corrected chi connectivity index (χ2v) is 7.00. The van der Waals surface area contributed by atoms with Gasteiger partial charge in [-0.15, -0.1) is 0 Å². The summed E-state index contributed by atoms with van der Waals surface area (Å²) >= 11 is 6.17. The highest BCUT2D eigenvalue weighted by atomic mass is 35.5. The van der Waals surface area contributed by atoms with Gasteiger partial charge in [-0.25, -0.2) is 4.98 Å². The highest BCUT2D eigenvalue weighted by Crippen LogP contribution is 2.22. The predicted molar refractivity (Wildman–Crippen MR) is 104 cm³/mol. The van der Waals surface area contributed by atoms with Crippen LogP contribution in [0.15, 0.2) is 45.2 Å². The molecule has 0 fully saturated rings. The van der Waals surface area contributed by atoms with Crippen molar-refractivity contribution in [1.82, 2.24) is 20.1 Å². The van der Waals surface area contributed by atoms with E-state index in [2.05, 4.69) is 15.4 Å². The van der Waals surface area contributed by atoms with Gasteiger partial charge in [-0.05, 0) is 45.0 Å². The van der Waals surface area contributed by atoms with Crippen LogP contribution in [0, 0.1) is 13.8 Å². The number of hydrogen-bond acceptors (Lipinski definition) is 5. The first-order valence-corrected chi connectivity index (χ1v) is 9.24. The summed E-state index contributed by atoms with van der Waals surface area (Å²) in [5.74, 6) is 0.929. The number of fused-ring (bicyclic) bond motifs is 1. The number of aryl methyl sites for hydroxylation is 1. The van der Waals surface area contributed by atoms with Crippen LogP contribution in [0.25, 0.3) is 11.1 Å². The van der Waals surface area contributed by atoms with E-state index in [1.807, 2.05) is 45.0 Å². The molecular formula is C20H19ClN4O3. The second kappa shape index (κ2) is 7.16. The summed E-state index contributed by atoms with van der Waals surface area (Å²) in [5, 5.41) is 7.85. The molecule has 1 unspecified atom stereocenters. The second-order valence-electron chi connectivity index (χ2n) is 6.62. The summed E-state index contributed by atoms with van der Waals surface area (Å²) in [7, 11) is 0. The van der Waals surface area contributed by atoms with E-state index in [4.69, 9.17) is 20.4 Å². The zero-order chi connectivity index (χ0) is 19.8. The van der Waals surface area contributed by atoms with E-state index in [0.29, 0.717) is 28.8 Å². The molecule has 3 heterocycles. The van der Waals surface area contributed by atoms with Gasteiger partial charge < -0.3 is 14.2 Å². The normalized spacial score (nSPS) is 12.4. The average Bonchev–Trinajstić information content (AvgIpc) is 3.37. The third kappa shape index (κ3) is 3.41. The highest BCUT2D eigenvalue weighted by molar-refractivity contribution is 6.31. The fourth-order valence-electron chi connectivity index (χ4n) is 2.97. The Balaban J connectivity index is 1.45. The van der Waals surface area contributed by atoms with Crippen molar-refractivity contribution in [1.29, 1.82) is 0 Å². The zero-order valence-corrected chi connectivity index (χ0v) is 16.4. The SMILES string of the molecule is Cc1nn(Cc2ccc(C(=O)NC(C)c3nc4ccccc4o3)o2)c(C)c1Cl. The Bertz CT molecular complexity index is 1120. The van der Waals surface area contributed by atoms with Crippen molar-refractivity contribution in [2.45, 2.75) is 33.4 Å². The largest absolute Gasteiger partial charge is 0.454 e. The van der Waals surface area contributed by atoms with Crippen molar-refractivity contribution in [3.8, 4) is 0 Å². The Morgan fingerprint density at radius 3 is 2.71 bits per heavy atom. The molecule has 0 saturated carbocycles. The van der Waals surface area contributed by atoms with E-state index in [0.717, 1.165) is 16.9 Å². The molecule has 144 valence electrons. The fourth-order valence-corrected chi connectivity index (χ4v) is 3.10. The minimum absolute atomic E-state index is 0.214. The Labute approximate surface area is 166 Å². The number of para-hydroxylation sites is 2. The van der Waals surface area contributed by atoms with Crippen LogP contribution in [0.1, 0.15) is 46.6 Å². The number of rotatable bonds is 5. The number of benzene rings is 1. The van der Waals surface area contributed by atoms with Gasteiger partial charge in [-0.3, -0.25) is 9.48 Å². The van der Waals surface area contributed by atoms with Gasteiger partial charge >= 0.3 is 0 Å². The number of halogens is 1. The third-order valence-electron chi connectivity index (χ3n) is 4.51. The summed E-state index contributed by atoms with van der Waals surface area (Å²) in [4.78, 5) is 16.9. The number of carbonyl (C=O) groups excluding carboxylic acids is 1. The molecule has 1 atom stereocenters. The summed E-state index contributed by atoms with van der Waals surface area (Å²) < 4.78 is 13.1.